The smallest absolute Gasteiger partial charge is 0.193 e. The summed E-state index contributed by atoms with van der Waals surface area (Å²) in [5.74, 6) is 1.77. The molecular formula is C14H23N3S. The van der Waals surface area contributed by atoms with E-state index in [4.69, 9.17) is 5.73 Å². The standard InChI is InChI=1S/C14H23N3S/c1-18-12-8-3-2-7-11-16-14(15)17-13-9-5-4-6-10-13/h4-6,9-10H,2-3,7-8,11-12H2,1H3,(H3,15,16,17). The molecule has 0 aliphatic carbocycles. The quantitative estimate of drug-likeness (QED) is 0.430. The van der Waals surface area contributed by atoms with Crippen molar-refractivity contribution in [1.82, 2.24) is 0 Å². The van der Waals surface area contributed by atoms with Crippen molar-refractivity contribution in [3.05, 3.63) is 30.3 Å². The highest BCUT2D eigenvalue weighted by Gasteiger charge is 1.93. The Labute approximate surface area is 114 Å². The fourth-order valence-electron chi connectivity index (χ4n) is 1.62. The zero-order valence-corrected chi connectivity index (χ0v) is 11.9. The van der Waals surface area contributed by atoms with Crippen molar-refractivity contribution in [3.8, 4) is 0 Å². The number of hydrogen-bond donors (Lipinski definition) is 2. The summed E-state index contributed by atoms with van der Waals surface area (Å²) in [6.45, 7) is 0.810. The predicted molar refractivity (Wildman–Crippen MR) is 83.4 cm³/mol. The van der Waals surface area contributed by atoms with E-state index in [0.29, 0.717) is 5.96 Å². The molecule has 1 aromatic carbocycles. The number of thioether (sulfide) groups is 1. The van der Waals surface area contributed by atoms with E-state index in [-0.39, 0.29) is 0 Å². The minimum atomic E-state index is 0.505. The van der Waals surface area contributed by atoms with Gasteiger partial charge in [-0.2, -0.15) is 11.8 Å². The number of nitrogens with zero attached hydrogens (tertiary/aromatic N) is 1. The van der Waals surface area contributed by atoms with Crippen LogP contribution in [-0.2, 0) is 0 Å². The SMILES string of the molecule is CSCCCCCCN=C(N)Nc1ccccc1. The van der Waals surface area contributed by atoms with Gasteiger partial charge < -0.3 is 11.1 Å². The Morgan fingerprint density at radius 3 is 2.61 bits per heavy atom. The van der Waals surface area contributed by atoms with Crippen LogP contribution in [0.5, 0.6) is 0 Å². The van der Waals surface area contributed by atoms with E-state index in [1.165, 1.54) is 25.0 Å². The molecule has 0 amide bonds. The first kappa shape index (κ1) is 14.9. The van der Waals surface area contributed by atoms with Crippen LogP contribution < -0.4 is 11.1 Å². The van der Waals surface area contributed by atoms with Gasteiger partial charge in [-0.3, -0.25) is 4.99 Å². The van der Waals surface area contributed by atoms with Crippen LogP contribution in [0.3, 0.4) is 0 Å². The highest BCUT2D eigenvalue weighted by molar-refractivity contribution is 7.98. The maximum absolute atomic E-state index is 5.80. The molecule has 3 N–H and O–H groups in total. The van der Waals surface area contributed by atoms with Crippen LogP contribution in [0.4, 0.5) is 5.69 Å². The zero-order chi connectivity index (χ0) is 13.1. The molecule has 0 radical (unpaired) electrons. The fraction of sp³-hybridized carbons (Fsp3) is 0.500. The number of guanidine groups is 1. The molecule has 1 aromatic rings. The van der Waals surface area contributed by atoms with Gasteiger partial charge in [-0.05, 0) is 37.0 Å². The molecule has 0 unspecified atom stereocenters. The molecule has 100 valence electrons. The van der Waals surface area contributed by atoms with Gasteiger partial charge in [0.2, 0.25) is 0 Å². The second kappa shape index (κ2) is 9.83. The molecule has 0 spiro atoms. The van der Waals surface area contributed by atoms with E-state index in [1.54, 1.807) is 0 Å². The van der Waals surface area contributed by atoms with Crippen molar-refractivity contribution in [2.24, 2.45) is 10.7 Å². The molecular weight excluding hydrogens is 242 g/mol. The number of nitrogens with two attached hydrogens (primary N) is 1. The number of anilines is 1. The van der Waals surface area contributed by atoms with Crippen molar-refractivity contribution in [1.29, 1.82) is 0 Å². The van der Waals surface area contributed by atoms with E-state index >= 15 is 0 Å². The summed E-state index contributed by atoms with van der Waals surface area (Å²) in [6, 6.07) is 9.88. The van der Waals surface area contributed by atoms with Gasteiger partial charge in [0.1, 0.15) is 0 Å². The topological polar surface area (TPSA) is 50.4 Å². The third-order valence-corrected chi connectivity index (χ3v) is 3.28. The predicted octanol–water partition coefficient (Wildman–Crippen LogP) is 3.34. The van der Waals surface area contributed by atoms with Crippen molar-refractivity contribution in [2.75, 3.05) is 23.9 Å². The van der Waals surface area contributed by atoms with Gasteiger partial charge in [0, 0.05) is 12.2 Å². The van der Waals surface area contributed by atoms with Gasteiger partial charge in [0.05, 0.1) is 0 Å². The van der Waals surface area contributed by atoms with Crippen molar-refractivity contribution in [3.63, 3.8) is 0 Å². The largest absolute Gasteiger partial charge is 0.370 e. The minimum Gasteiger partial charge on any atom is -0.370 e. The van der Waals surface area contributed by atoms with Gasteiger partial charge in [0.25, 0.3) is 0 Å². The lowest BCUT2D eigenvalue weighted by Gasteiger charge is -2.05. The van der Waals surface area contributed by atoms with Crippen LogP contribution in [0.25, 0.3) is 0 Å². The first-order chi connectivity index (χ1) is 8.83. The summed E-state index contributed by atoms with van der Waals surface area (Å²) in [6.07, 6.45) is 7.11. The van der Waals surface area contributed by atoms with Crippen LogP contribution in [0.2, 0.25) is 0 Å². The van der Waals surface area contributed by atoms with E-state index in [0.717, 1.165) is 18.7 Å². The van der Waals surface area contributed by atoms with Gasteiger partial charge in [-0.25, -0.2) is 0 Å². The first-order valence-corrected chi connectivity index (χ1v) is 7.83. The molecule has 3 nitrogen and oxygen atoms in total. The Morgan fingerprint density at radius 2 is 1.89 bits per heavy atom. The minimum absolute atomic E-state index is 0.505. The second-order valence-electron chi connectivity index (χ2n) is 4.16. The average molecular weight is 265 g/mol. The summed E-state index contributed by atoms with van der Waals surface area (Å²) in [5.41, 5.74) is 6.79. The van der Waals surface area contributed by atoms with E-state index in [2.05, 4.69) is 16.6 Å². The van der Waals surface area contributed by atoms with E-state index in [9.17, 15) is 0 Å². The number of hydrogen-bond acceptors (Lipinski definition) is 2. The van der Waals surface area contributed by atoms with Gasteiger partial charge >= 0.3 is 0 Å². The number of para-hydroxylation sites is 1. The lowest BCUT2D eigenvalue weighted by molar-refractivity contribution is 0.678. The molecule has 0 atom stereocenters. The second-order valence-corrected chi connectivity index (χ2v) is 5.15. The van der Waals surface area contributed by atoms with Crippen LogP contribution >= 0.6 is 11.8 Å². The lowest BCUT2D eigenvalue weighted by Crippen LogP contribution is -2.22. The molecule has 0 aromatic heterocycles. The van der Waals surface area contributed by atoms with Crippen molar-refractivity contribution in [2.45, 2.75) is 25.7 Å². The Hall–Kier alpha value is -1.16. The van der Waals surface area contributed by atoms with Gasteiger partial charge in [0.15, 0.2) is 5.96 Å². The molecule has 18 heavy (non-hydrogen) atoms. The van der Waals surface area contributed by atoms with Gasteiger partial charge in [-0.15, -0.1) is 0 Å². The average Bonchev–Trinajstić information content (AvgIpc) is 2.39. The van der Waals surface area contributed by atoms with Crippen molar-refractivity contribution < 1.29 is 0 Å². The van der Waals surface area contributed by atoms with Crippen LogP contribution in [0, 0.1) is 0 Å². The summed E-state index contributed by atoms with van der Waals surface area (Å²) < 4.78 is 0. The Kier molecular flexibility index (Phi) is 8.13. The van der Waals surface area contributed by atoms with Crippen LogP contribution in [-0.4, -0.2) is 24.5 Å². The maximum Gasteiger partial charge on any atom is 0.193 e. The molecule has 0 saturated carbocycles. The Bertz CT molecular complexity index is 338. The van der Waals surface area contributed by atoms with E-state index < -0.39 is 0 Å². The molecule has 4 heteroatoms. The molecule has 0 saturated heterocycles. The van der Waals surface area contributed by atoms with Gasteiger partial charge in [-0.1, -0.05) is 31.0 Å². The number of rotatable bonds is 8. The molecule has 0 aliphatic rings. The zero-order valence-electron chi connectivity index (χ0n) is 11.1. The third-order valence-electron chi connectivity index (χ3n) is 2.58. The molecule has 0 bridgehead atoms. The monoisotopic (exact) mass is 265 g/mol. The number of nitrogens with one attached hydrogen (secondary N) is 1. The third kappa shape index (κ3) is 7.22. The number of aliphatic imine (C=N–C) groups is 1. The number of unbranched alkanes of at least 4 members (excludes halogenated alkanes) is 3. The summed E-state index contributed by atoms with van der Waals surface area (Å²) in [4.78, 5) is 4.32. The van der Waals surface area contributed by atoms with Crippen LogP contribution in [0.1, 0.15) is 25.7 Å². The lowest BCUT2D eigenvalue weighted by atomic mass is 10.2. The Morgan fingerprint density at radius 1 is 1.17 bits per heavy atom. The highest BCUT2D eigenvalue weighted by atomic mass is 32.2. The van der Waals surface area contributed by atoms with Crippen LogP contribution in [0.15, 0.2) is 35.3 Å². The maximum atomic E-state index is 5.80. The number of benzene rings is 1. The molecule has 0 fully saturated rings. The summed E-state index contributed by atoms with van der Waals surface area (Å²) >= 11 is 1.91. The highest BCUT2D eigenvalue weighted by Crippen LogP contribution is 2.05. The summed E-state index contributed by atoms with van der Waals surface area (Å²) in [7, 11) is 0. The molecule has 0 heterocycles. The van der Waals surface area contributed by atoms with Crippen molar-refractivity contribution >= 4 is 23.4 Å². The normalized spacial score (nSPS) is 11.5. The summed E-state index contributed by atoms with van der Waals surface area (Å²) in [5, 5.41) is 3.08. The Balaban J connectivity index is 2.11. The molecule has 1 rings (SSSR count). The van der Waals surface area contributed by atoms with E-state index in [1.807, 2.05) is 42.1 Å². The first-order valence-electron chi connectivity index (χ1n) is 6.44. The molecule has 0 aliphatic heterocycles. The fourth-order valence-corrected chi connectivity index (χ4v) is 2.11.